The van der Waals surface area contributed by atoms with Gasteiger partial charge in [0, 0.05) is 18.5 Å². The zero-order valence-electron chi connectivity index (χ0n) is 11.1. The minimum atomic E-state index is -2.85. The van der Waals surface area contributed by atoms with Crippen LogP contribution in [0.5, 0.6) is 0 Å². The molecular formula is C13H22N2O2S. The van der Waals surface area contributed by atoms with Gasteiger partial charge in [-0.3, -0.25) is 4.90 Å². The number of nitrogens with two attached hydrogens (primary N) is 1. The predicted molar refractivity (Wildman–Crippen MR) is 76.1 cm³/mol. The van der Waals surface area contributed by atoms with Crippen LogP contribution in [0.2, 0.25) is 0 Å². The second-order valence-corrected chi connectivity index (χ2v) is 6.86. The fourth-order valence-corrected chi connectivity index (χ4v) is 2.50. The van der Waals surface area contributed by atoms with Gasteiger partial charge in [0.2, 0.25) is 0 Å². The second-order valence-electron chi connectivity index (χ2n) is 4.60. The van der Waals surface area contributed by atoms with E-state index in [0.29, 0.717) is 6.42 Å². The molecule has 0 aromatic heterocycles. The molecule has 0 aliphatic carbocycles. The summed E-state index contributed by atoms with van der Waals surface area (Å²) in [6.45, 7) is 4.58. The summed E-state index contributed by atoms with van der Waals surface area (Å²) in [6.07, 6.45) is 1.95. The minimum Gasteiger partial charge on any atom is -0.399 e. The first kappa shape index (κ1) is 15.0. The third-order valence-corrected chi connectivity index (χ3v) is 3.82. The maximum Gasteiger partial charge on any atom is 0.147 e. The van der Waals surface area contributed by atoms with Crippen molar-refractivity contribution in [3.63, 3.8) is 0 Å². The van der Waals surface area contributed by atoms with Crippen molar-refractivity contribution in [3.05, 3.63) is 29.8 Å². The molecule has 18 heavy (non-hydrogen) atoms. The first-order valence-electron chi connectivity index (χ1n) is 6.15. The maximum atomic E-state index is 11.1. The number of nitrogens with zero attached hydrogens (tertiary/aromatic N) is 1. The van der Waals surface area contributed by atoms with E-state index in [4.69, 9.17) is 5.73 Å². The van der Waals surface area contributed by atoms with Crippen LogP contribution < -0.4 is 5.73 Å². The molecule has 0 fully saturated rings. The van der Waals surface area contributed by atoms with Gasteiger partial charge in [-0.2, -0.15) is 0 Å². The van der Waals surface area contributed by atoms with Gasteiger partial charge in [-0.15, -0.1) is 0 Å². The summed E-state index contributed by atoms with van der Waals surface area (Å²) in [5.74, 6) is 0.250. The van der Waals surface area contributed by atoms with Crippen LogP contribution >= 0.6 is 0 Å². The van der Waals surface area contributed by atoms with Crippen molar-refractivity contribution in [2.24, 2.45) is 0 Å². The highest BCUT2D eigenvalue weighted by Gasteiger charge is 2.07. The lowest BCUT2D eigenvalue weighted by Gasteiger charge is -2.20. The Morgan fingerprint density at radius 3 is 2.61 bits per heavy atom. The molecular weight excluding hydrogens is 248 g/mol. The van der Waals surface area contributed by atoms with Crippen molar-refractivity contribution in [2.75, 3.05) is 30.8 Å². The van der Waals surface area contributed by atoms with Crippen molar-refractivity contribution in [1.29, 1.82) is 0 Å². The molecule has 0 spiro atoms. The quantitative estimate of drug-likeness (QED) is 0.763. The summed E-state index contributed by atoms with van der Waals surface area (Å²) in [7, 11) is -2.85. The number of benzene rings is 1. The van der Waals surface area contributed by atoms with Crippen molar-refractivity contribution < 1.29 is 8.42 Å². The summed E-state index contributed by atoms with van der Waals surface area (Å²) < 4.78 is 22.1. The van der Waals surface area contributed by atoms with E-state index in [1.165, 1.54) is 6.26 Å². The van der Waals surface area contributed by atoms with Crippen LogP contribution in [0.25, 0.3) is 0 Å². The molecule has 1 aromatic rings. The molecule has 5 heteroatoms. The van der Waals surface area contributed by atoms with Crippen LogP contribution in [0.1, 0.15) is 18.9 Å². The molecule has 0 amide bonds. The van der Waals surface area contributed by atoms with E-state index in [0.717, 1.165) is 30.9 Å². The van der Waals surface area contributed by atoms with Crippen molar-refractivity contribution in [1.82, 2.24) is 4.90 Å². The Hall–Kier alpha value is -1.07. The van der Waals surface area contributed by atoms with Gasteiger partial charge in [0.25, 0.3) is 0 Å². The minimum absolute atomic E-state index is 0.250. The largest absolute Gasteiger partial charge is 0.399 e. The first-order valence-corrected chi connectivity index (χ1v) is 8.21. The molecule has 0 aliphatic rings. The van der Waals surface area contributed by atoms with Gasteiger partial charge >= 0.3 is 0 Å². The van der Waals surface area contributed by atoms with Gasteiger partial charge in [0.15, 0.2) is 0 Å². The molecule has 0 radical (unpaired) electrons. The SMILES string of the molecule is CCN(CCCS(C)(=O)=O)Cc1cccc(N)c1. The fraction of sp³-hybridized carbons (Fsp3) is 0.538. The smallest absolute Gasteiger partial charge is 0.147 e. The van der Waals surface area contributed by atoms with E-state index in [1.54, 1.807) is 0 Å². The zero-order chi connectivity index (χ0) is 13.6. The van der Waals surface area contributed by atoms with Crippen LogP contribution in [0, 0.1) is 0 Å². The highest BCUT2D eigenvalue weighted by atomic mass is 32.2. The molecule has 0 unspecified atom stereocenters. The molecule has 0 heterocycles. The summed E-state index contributed by atoms with van der Waals surface area (Å²) in [4.78, 5) is 2.22. The Labute approximate surface area is 110 Å². The van der Waals surface area contributed by atoms with E-state index >= 15 is 0 Å². The van der Waals surface area contributed by atoms with Crippen molar-refractivity contribution in [2.45, 2.75) is 19.9 Å². The lowest BCUT2D eigenvalue weighted by molar-refractivity contribution is 0.281. The van der Waals surface area contributed by atoms with Crippen molar-refractivity contribution >= 4 is 15.5 Å². The molecule has 0 bridgehead atoms. The number of sulfone groups is 1. The number of nitrogen functional groups attached to an aromatic ring is 1. The Morgan fingerprint density at radius 2 is 2.06 bits per heavy atom. The fourth-order valence-electron chi connectivity index (χ4n) is 1.85. The van der Waals surface area contributed by atoms with Gasteiger partial charge in [-0.25, -0.2) is 8.42 Å². The molecule has 0 saturated carbocycles. The monoisotopic (exact) mass is 270 g/mol. The van der Waals surface area contributed by atoms with E-state index in [1.807, 2.05) is 24.3 Å². The van der Waals surface area contributed by atoms with Gasteiger partial charge in [-0.05, 0) is 37.2 Å². The van der Waals surface area contributed by atoms with Crippen LogP contribution in [0.15, 0.2) is 24.3 Å². The topological polar surface area (TPSA) is 63.4 Å². The van der Waals surface area contributed by atoms with Gasteiger partial charge < -0.3 is 5.73 Å². The lowest BCUT2D eigenvalue weighted by atomic mass is 10.2. The average Bonchev–Trinajstić information content (AvgIpc) is 2.26. The zero-order valence-corrected chi connectivity index (χ0v) is 11.9. The third kappa shape index (κ3) is 6.02. The summed E-state index contributed by atoms with van der Waals surface area (Å²) in [5, 5.41) is 0. The van der Waals surface area contributed by atoms with Gasteiger partial charge in [-0.1, -0.05) is 19.1 Å². The Kier molecular flexibility index (Phi) is 5.62. The average molecular weight is 270 g/mol. The van der Waals surface area contributed by atoms with Crippen LogP contribution in [-0.2, 0) is 16.4 Å². The highest BCUT2D eigenvalue weighted by Crippen LogP contribution is 2.10. The number of hydrogen-bond acceptors (Lipinski definition) is 4. The molecule has 1 rings (SSSR count). The summed E-state index contributed by atoms with van der Waals surface area (Å²) in [5.41, 5.74) is 7.66. The molecule has 2 N–H and O–H groups in total. The molecule has 4 nitrogen and oxygen atoms in total. The number of hydrogen-bond donors (Lipinski definition) is 1. The number of rotatable bonds is 7. The van der Waals surface area contributed by atoms with Crippen molar-refractivity contribution in [3.8, 4) is 0 Å². The van der Waals surface area contributed by atoms with Gasteiger partial charge in [0.05, 0.1) is 5.75 Å². The lowest BCUT2D eigenvalue weighted by Crippen LogP contribution is -2.25. The van der Waals surface area contributed by atoms with Gasteiger partial charge in [0.1, 0.15) is 9.84 Å². The normalized spacial score (nSPS) is 11.9. The third-order valence-electron chi connectivity index (χ3n) is 2.79. The summed E-state index contributed by atoms with van der Waals surface area (Å²) in [6, 6.07) is 7.80. The van der Waals surface area contributed by atoms with Crippen LogP contribution in [-0.4, -0.2) is 38.4 Å². The molecule has 1 aromatic carbocycles. The van der Waals surface area contributed by atoms with Crippen LogP contribution in [0.3, 0.4) is 0 Å². The first-order chi connectivity index (χ1) is 8.40. The molecule has 0 atom stereocenters. The summed E-state index contributed by atoms with van der Waals surface area (Å²) >= 11 is 0. The number of anilines is 1. The molecule has 0 aliphatic heterocycles. The van der Waals surface area contributed by atoms with E-state index in [2.05, 4.69) is 11.8 Å². The highest BCUT2D eigenvalue weighted by molar-refractivity contribution is 7.90. The molecule has 0 saturated heterocycles. The second kappa shape index (κ2) is 6.75. The van der Waals surface area contributed by atoms with E-state index in [9.17, 15) is 8.42 Å². The Balaban J connectivity index is 2.47. The predicted octanol–water partition coefficient (Wildman–Crippen LogP) is 1.53. The maximum absolute atomic E-state index is 11.1. The Bertz CT molecular complexity index is 472. The van der Waals surface area contributed by atoms with Crippen LogP contribution in [0.4, 0.5) is 5.69 Å². The Morgan fingerprint density at radius 1 is 1.33 bits per heavy atom. The van der Waals surface area contributed by atoms with E-state index < -0.39 is 9.84 Å². The van der Waals surface area contributed by atoms with E-state index in [-0.39, 0.29) is 5.75 Å². The standard InChI is InChI=1S/C13H22N2O2S/c1-3-15(8-5-9-18(2,16)17)11-12-6-4-7-13(14)10-12/h4,6-7,10H,3,5,8-9,11,14H2,1-2H3. The molecule has 102 valence electrons.